The van der Waals surface area contributed by atoms with Crippen molar-refractivity contribution in [3.05, 3.63) is 42.2 Å². The van der Waals surface area contributed by atoms with Gasteiger partial charge in [-0.1, -0.05) is 19.9 Å². The van der Waals surface area contributed by atoms with E-state index >= 15 is 0 Å². The van der Waals surface area contributed by atoms with E-state index in [0.29, 0.717) is 11.4 Å². The van der Waals surface area contributed by atoms with Gasteiger partial charge in [-0.2, -0.15) is 0 Å². The number of nitrogens with one attached hydrogen (secondary N) is 1. The molecule has 128 valence electrons. The molecule has 0 fully saturated rings. The van der Waals surface area contributed by atoms with Crippen LogP contribution >= 0.6 is 0 Å². The Kier molecular flexibility index (Phi) is 6.54. The highest BCUT2D eigenvalue weighted by molar-refractivity contribution is 5.90. The fourth-order valence-electron chi connectivity index (χ4n) is 2.46. The zero-order chi connectivity index (χ0) is 17.4. The lowest BCUT2D eigenvalue weighted by Gasteiger charge is -2.22. The number of aromatic nitrogens is 2. The SMILES string of the molecule is CCCN(CCC)c1cc(Nc2cccc(C(=O)OC)c2)ncn1. The molecule has 1 heterocycles. The van der Waals surface area contributed by atoms with Gasteiger partial charge in [0, 0.05) is 24.8 Å². The number of nitrogens with zero attached hydrogens (tertiary/aromatic N) is 3. The molecular formula is C18H24N4O2. The Morgan fingerprint density at radius 2 is 1.92 bits per heavy atom. The third kappa shape index (κ3) is 4.68. The zero-order valence-electron chi connectivity index (χ0n) is 14.5. The summed E-state index contributed by atoms with van der Waals surface area (Å²) in [5.41, 5.74) is 1.27. The lowest BCUT2D eigenvalue weighted by Crippen LogP contribution is -2.25. The van der Waals surface area contributed by atoms with Crippen LogP contribution in [-0.2, 0) is 4.74 Å². The molecule has 0 aliphatic heterocycles. The Hall–Kier alpha value is -2.63. The first-order valence-corrected chi connectivity index (χ1v) is 8.20. The second-order valence-corrected chi connectivity index (χ2v) is 5.45. The molecule has 0 saturated carbocycles. The van der Waals surface area contributed by atoms with Gasteiger partial charge in [-0.15, -0.1) is 0 Å². The van der Waals surface area contributed by atoms with Crippen molar-refractivity contribution in [3.63, 3.8) is 0 Å². The van der Waals surface area contributed by atoms with Crippen LogP contribution in [0.2, 0.25) is 0 Å². The predicted octanol–water partition coefficient (Wildman–Crippen LogP) is 3.63. The number of esters is 1. The third-order valence-electron chi connectivity index (χ3n) is 3.52. The van der Waals surface area contributed by atoms with E-state index in [1.165, 1.54) is 7.11 Å². The molecular weight excluding hydrogens is 304 g/mol. The van der Waals surface area contributed by atoms with Gasteiger partial charge in [0.05, 0.1) is 12.7 Å². The molecule has 2 aromatic rings. The quantitative estimate of drug-likeness (QED) is 0.746. The van der Waals surface area contributed by atoms with Gasteiger partial charge in [-0.3, -0.25) is 0 Å². The molecule has 0 aliphatic rings. The van der Waals surface area contributed by atoms with E-state index in [-0.39, 0.29) is 5.97 Å². The van der Waals surface area contributed by atoms with Crippen molar-refractivity contribution in [2.75, 3.05) is 30.4 Å². The number of methoxy groups -OCH3 is 1. The first kappa shape index (κ1) is 17.7. The van der Waals surface area contributed by atoms with Crippen LogP contribution < -0.4 is 10.2 Å². The minimum absolute atomic E-state index is 0.362. The van der Waals surface area contributed by atoms with Crippen molar-refractivity contribution < 1.29 is 9.53 Å². The van der Waals surface area contributed by atoms with Gasteiger partial charge < -0.3 is 15.0 Å². The molecule has 0 amide bonds. The van der Waals surface area contributed by atoms with Gasteiger partial charge in [0.2, 0.25) is 0 Å². The van der Waals surface area contributed by atoms with Crippen molar-refractivity contribution in [3.8, 4) is 0 Å². The molecule has 0 bridgehead atoms. The predicted molar refractivity (Wildman–Crippen MR) is 95.9 cm³/mol. The molecule has 0 saturated heterocycles. The number of ether oxygens (including phenoxy) is 1. The van der Waals surface area contributed by atoms with Crippen LogP contribution in [0.1, 0.15) is 37.0 Å². The maximum absolute atomic E-state index is 11.6. The molecule has 0 atom stereocenters. The lowest BCUT2D eigenvalue weighted by molar-refractivity contribution is 0.0601. The van der Waals surface area contributed by atoms with Gasteiger partial charge in [0.15, 0.2) is 0 Å². The summed E-state index contributed by atoms with van der Waals surface area (Å²) in [7, 11) is 1.37. The Labute approximate surface area is 142 Å². The fraction of sp³-hybridized carbons (Fsp3) is 0.389. The van der Waals surface area contributed by atoms with Crippen molar-refractivity contribution in [2.24, 2.45) is 0 Å². The molecule has 2 rings (SSSR count). The normalized spacial score (nSPS) is 10.3. The summed E-state index contributed by atoms with van der Waals surface area (Å²) >= 11 is 0. The Morgan fingerprint density at radius 1 is 1.17 bits per heavy atom. The summed E-state index contributed by atoms with van der Waals surface area (Å²) in [4.78, 5) is 22.5. The molecule has 1 aromatic carbocycles. The highest BCUT2D eigenvalue weighted by Crippen LogP contribution is 2.20. The average Bonchev–Trinajstić information content (AvgIpc) is 2.61. The highest BCUT2D eigenvalue weighted by atomic mass is 16.5. The molecule has 24 heavy (non-hydrogen) atoms. The van der Waals surface area contributed by atoms with E-state index < -0.39 is 0 Å². The van der Waals surface area contributed by atoms with Gasteiger partial charge >= 0.3 is 5.97 Å². The Balaban J connectivity index is 2.18. The second kappa shape index (κ2) is 8.86. The molecule has 0 unspecified atom stereocenters. The number of anilines is 3. The van der Waals surface area contributed by atoms with E-state index in [0.717, 1.165) is 37.4 Å². The molecule has 6 nitrogen and oxygen atoms in total. The number of rotatable bonds is 8. The lowest BCUT2D eigenvalue weighted by atomic mass is 10.2. The van der Waals surface area contributed by atoms with Crippen LogP contribution in [0.4, 0.5) is 17.3 Å². The maximum atomic E-state index is 11.6. The number of benzene rings is 1. The Bertz CT molecular complexity index is 670. The number of carbonyl (C=O) groups is 1. The first-order chi connectivity index (χ1) is 11.7. The minimum atomic E-state index is -0.362. The monoisotopic (exact) mass is 328 g/mol. The van der Waals surface area contributed by atoms with E-state index in [9.17, 15) is 4.79 Å². The largest absolute Gasteiger partial charge is 0.465 e. The molecule has 6 heteroatoms. The van der Waals surface area contributed by atoms with Gasteiger partial charge in [0.25, 0.3) is 0 Å². The third-order valence-corrected chi connectivity index (χ3v) is 3.52. The van der Waals surface area contributed by atoms with Crippen LogP contribution in [0.15, 0.2) is 36.7 Å². The molecule has 1 N–H and O–H groups in total. The van der Waals surface area contributed by atoms with Crippen LogP contribution in [0.3, 0.4) is 0 Å². The zero-order valence-corrected chi connectivity index (χ0v) is 14.5. The van der Waals surface area contributed by atoms with E-state index in [2.05, 4.69) is 34.0 Å². The number of hydrogen-bond acceptors (Lipinski definition) is 6. The van der Waals surface area contributed by atoms with Crippen molar-refractivity contribution >= 4 is 23.3 Å². The maximum Gasteiger partial charge on any atom is 0.337 e. The molecule has 0 spiro atoms. The summed E-state index contributed by atoms with van der Waals surface area (Å²) in [6, 6.07) is 9.06. The van der Waals surface area contributed by atoms with Crippen LogP contribution in [0.5, 0.6) is 0 Å². The van der Waals surface area contributed by atoms with Gasteiger partial charge in [0.1, 0.15) is 18.0 Å². The first-order valence-electron chi connectivity index (χ1n) is 8.20. The summed E-state index contributed by atoms with van der Waals surface area (Å²) in [6.07, 6.45) is 3.68. The van der Waals surface area contributed by atoms with Crippen molar-refractivity contribution in [2.45, 2.75) is 26.7 Å². The van der Waals surface area contributed by atoms with Crippen LogP contribution in [0, 0.1) is 0 Å². The summed E-state index contributed by atoms with van der Waals surface area (Å²) in [5.74, 6) is 1.23. The van der Waals surface area contributed by atoms with Gasteiger partial charge in [-0.05, 0) is 31.0 Å². The van der Waals surface area contributed by atoms with Crippen LogP contribution in [0.25, 0.3) is 0 Å². The topological polar surface area (TPSA) is 67.4 Å². The summed E-state index contributed by atoms with van der Waals surface area (Å²) in [6.45, 7) is 6.23. The van der Waals surface area contributed by atoms with E-state index in [4.69, 9.17) is 4.74 Å². The number of hydrogen-bond donors (Lipinski definition) is 1. The summed E-state index contributed by atoms with van der Waals surface area (Å²) < 4.78 is 4.75. The highest BCUT2D eigenvalue weighted by Gasteiger charge is 2.09. The summed E-state index contributed by atoms with van der Waals surface area (Å²) in [5, 5.41) is 3.22. The van der Waals surface area contributed by atoms with Crippen molar-refractivity contribution in [1.82, 2.24) is 9.97 Å². The Morgan fingerprint density at radius 3 is 2.58 bits per heavy atom. The van der Waals surface area contributed by atoms with E-state index in [1.54, 1.807) is 24.5 Å². The van der Waals surface area contributed by atoms with E-state index in [1.807, 2.05) is 12.1 Å². The fourth-order valence-corrected chi connectivity index (χ4v) is 2.46. The molecule has 1 aromatic heterocycles. The second-order valence-electron chi connectivity index (χ2n) is 5.45. The van der Waals surface area contributed by atoms with Crippen molar-refractivity contribution in [1.29, 1.82) is 0 Å². The van der Waals surface area contributed by atoms with Gasteiger partial charge in [-0.25, -0.2) is 14.8 Å². The number of carbonyl (C=O) groups excluding carboxylic acids is 1. The average molecular weight is 328 g/mol. The standard InChI is InChI=1S/C18H24N4O2/c1-4-9-22(10-5-2)17-12-16(19-13-20-17)21-15-8-6-7-14(11-15)18(23)24-3/h6-8,11-13H,4-5,9-10H2,1-3H3,(H,19,20,21). The minimum Gasteiger partial charge on any atom is -0.465 e. The molecule has 0 aliphatic carbocycles. The van der Waals surface area contributed by atoms with Crippen LogP contribution in [-0.4, -0.2) is 36.1 Å². The smallest absolute Gasteiger partial charge is 0.337 e. The molecule has 0 radical (unpaired) electrons.